The van der Waals surface area contributed by atoms with Gasteiger partial charge in [0.25, 0.3) is 0 Å². The SMILES string of the molecule is O=Cc1ccoc1[C@@H](O)CC1CCCCC1. The number of rotatable bonds is 4. The first-order chi connectivity index (χ1) is 7.81. The highest BCUT2D eigenvalue weighted by Crippen LogP contribution is 2.32. The number of carbonyl (C=O) groups excluding carboxylic acids is 1. The third-order valence-corrected chi connectivity index (χ3v) is 3.44. The van der Waals surface area contributed by atoms with E-state index in [0.717, 1.165) is 6.29 Å². The fourth-order valence-electron chi connectivity index (χ4n) is 2.54. The molecule has 0 spiro atoms. The van der Waals surface area contributed by atoms with E-state index in [0.29, 0.717) is 23.7 Å². The van der Waals surface area contributed by atoms with Crippen molar-refractivity contribution in [2.75, 3.05) is 0 Å². The molecule has 1 fully saturated rings. The molecule has 16 heavy (non-hydrogen) atoms. The van der Waals surface area contributed by atoms with Crippen molar-refractivity contribution in [1.82, 2.24) is 0 Å². The van der Waals surface area contributed by atoms with Crippen molar-refractivity contribution in [3.05, 3.63) is 23.7 Å². The number of hydrogen-bond acceptors (Lipinski definition) is 3. The van der Waals surface area contributed by atoms with Gasteiger partial charge in [0, 0.05) is 0 Å². The standard InChI is InChI=1S/C13H18O3/c14-9-11-6-7-16-13(11)12(15)8-10-4-2-1-3-5-10/h6-7,9-10,12,15H,1-5,8H2/t12-/m0/s1. The molecule has 1 saturated carbocycles. The van der Waals surface area contributed by atoms with Crippen molar-refractivity contribution in [3.63, 3.8) is 0 Å². The van der Waals surface area contributed by atoms with E-state index in [4.69, 9.17) is 4.42 Å². The maximum absolute atomic E-state index is 10.7. The molecule has 2 rings (SSSR count). The van der Waals surface area contributed by atoms with Gasteiger partial charge in [-0.1, -0.05) is 32.1 Å². The van der Waals surface area contributed by atoms with E-state index in [1.54, 1.807) is 6.07 Å². The van der Waals surface area contributed by atoms with Gasteiger partial charge in [0.2, 0.25) is 0 Å². The molecule has 1 heterocycles. The van der Waals surface area contributed by atoms with E-state index < -0.39 is 6.10 Å². The lowest BCUT2D eigenvalue weighted by atomic mass is 9.85. The van der Waals surface area contributed by atoms with Crippen molar-refractivity contribution >= 4 is 6.29 Å². The minimum absolute atomic E-state index is 0.431. The lowest BCUT2D eigenvalue weighted by Gasteiger charge is -2.23. The molecule has 1 atom stereocenters. The van der Waals surface area contributed by atoms with Crippen LogP contribution in [-0.4, -0.2) is 11.4 Å². The lowest BCUT2D eigenvalue weighted by Crippen LogP contribution is -2.11. The van der Waals surface area contributed by atoms with Crippen LogP contribution in [0.3, 0.4) is 0 Å². The van der Waals surface area contributed by atoms with Crippen LogP contribution < -0.4 is 0 Å². The molecular weight excluding hydrogens is 204 g/mol. The third kappa shape index (κ3) is 2.53. The summed E-state index contributed by atoms with van der Waals surface area (Å²) < 4.78 is 5.18. The van der Waals surface area contributed by atoms with Gasteiger partial charge in [0.1, 0.15) is 11.9 Å². The van der Waals surface area contributed by atoms with Gasteiger partial charge in [-0.25, -0.2) is 0 Å². The second-order valence-electron chi connectivity index (χ2n) is 4.61. The van der Waals surface area contributed by atoms with Crippen molar-refractivity contribution in [2.45, 2.75) is 44.6 Å². The molecule has 1 aliphatic carbocycles. The van der Waals surface area contributed by atoms with Gasteiger partial charge >= 0.3 is 0 Å². The number of furan rings is 1. The van der Waals surface area contributed by atoms with E-state index >= 15 is 0 Å². The predicted octanol–water partition coefficient (Wildman–Crippen LogP) is 3.10. The first-order valence-corrected chi connectivity index (χ1v) is 6.02. The van der Waals surface area contributed by atoms with E-state index in [9.17, 15) is 9.90 Å². The molecule has 1 aromatic heterocycles. The largest absolute Gasteiger partial charge is 0.466 e. The van der Waals surface area contributed by atoms with Gasteiger partial charge in [-0.3, -0.25) is 4.79 Å². The number of aliphatic hydroxyl groups excluding tert-OH is 1. The van der Waals surface area contributed by atoms with Crippen LogP contribution in [-0.2, 0) is 0 Å². The number of aldehydes is 1. The van der Waals surface area contributed by atoms with Crippen molar-refractivity contribution in [3.8, 4) is 0 Å². The Kier molecular flexibility index (Phi) is 3.78. The zero-order valence-electron chi connectivity index (χ0n) is 9.39. The molecule has 88 valence electrons. The van der Waals surface area contributed by atoms with Crippen molar-refractivity contribution in [2.24, 2.45) is 5.92 Å². The fourth-order valence-corrected chi connectivity index (χ4v) is 2.54. The maximum atomic E-state index is 10.7. The smallest absolute Gasteiger partial charge is 0.153 e. The van der Waals surface area contributed by atoms with Gasteiger partial charge < -0.3 is 9.52 Å². The Morgan fingerprint density at radius 3 is 2.88 bits per heavy atom. The molecule has 0 aliphatic heterocycles. The van der Waals surface area contributed by atoms with Crippen LogP contribution in [0.25, 0.3) is 0 Å². The topological polar surface area (TPSA) is 50.4 Å². The summed E-state index contributed by atoms with van der Waals surface area (Å²) in [5.41, 5.74) is 0.475. The van der Waals surface area contributed by atoms with Crippen molar-refractivity contribution < 1.29 is 14.3 Å². The minimum Gasteiger partial charge on any atom is -0.466 e. The minimum atomic E-state index is -0.627. The zero-order valence-corrected chi connectivity index (χ0v) is 9.39. The molecular formula is C13H18O3. The molecule has 0 bridgehead atoms. The molecule has 3 heteroatoms. The average Bonchev–Trinajstić information content (AvgIpc) is 2.78. The molecule has 0 amide bonds. The summed E-state index contributed by atoms with van der Waals surface area (Å²) in [6.07, 6.45) is 8.50. The van der Waals surface area contributed by atoms with Crippen LogP contribution in [0.4, 0.5) is 0 Å². The van der Waals surface area contributed by atoms with Crippen LogP contribution in [0.1, 0.15) is 60.7 Å². The molecule has 0 unspecified atom stereocenters. The Morgan fingerprint density at radius 1 is 1.44 bits per heavy atom. The van der Waals surface area contributed by atoms with Gasteiger partial charge in [-0.05, 0) is 18.4 Å². The quantitative estimate of drug-likeness (QED) is 0.796. The Hall–Kier alpha value is -1.09. The lowest BCUT2D eigenvalue weighted by molar-refractivity contribution is 0.103. The second kappa shape index (κ2) is 5.30. The molecule has 1 aromatic rings. The van der Waals surface area contributed by atoms with Crippen LogP contribution >= 0.6 is 0 Å². The van der Waals surface area contributed by atoms with E-state index in [1.165, 1.54) is 38.4 Å². The highest BCUT2D eigenvalue weighted by atomic mass is 16.4. The van der Waals surface area contributed by atoms with Crippen LogP contribution in [0.5, 0.6) is 0 Å². The maximum Gasteiger partial charge on any atom is 0.153 e. The highest BCUT2D eigenvalue weighted by molar-refractivity contribution is 5.76. The summed E-state index contributed by atoms with van der Waals surface area (Å²) >= 11 is 0. The summed E-state index contributed by atoms with van der Waals surface area (Å²) in [5.74, 6) is 1.01. The van der Waals surface area contributed by atoms with E-state index in [-0.39, 0.29) is 0 Å². The number of carbonyl (C=O) groups is 1. The summed E-state index contributed by atoms with van der Waals surface area (Å²) in [7, 11) is 0. The third-order valence-electron chi connectivity index (χ3n) is 3.44. The molecule has 0 aromatic carbocycles. The summed E-state index contributed by atoms with van der Waals surface area (Å²) in [5, 5.41) is 10.0. The monoisotopic (exact) mass is 222 g/mol. The Morgan fingerprint density at radius 2 is 2.19 bits per heavy atom. The summed E-state index contributed by atoms with van der Waals surface area (Å²) in [4.78, 5) is 10.7. The van der Waals surface area contributed by atoms with Crippen LogP contribution in [0.15, 0.2) is 16.7 Å². The molecule has 0 saturated heterocycles. The zero-order chi connectivity index (χ0) is 11.4. The second-order valence-corrected chi connectivity index (χ2v) is 4.61. The van der Waals surface area contributed by atoms with Gasteiger partial charge in [0.15, 0.2) is 6.29 Å². The van der Waals surface area contributed by atoms with Crippen molar-refractivity contribution in [1.29, 1.82) is 0 Å². The van der Waals surface area contributed by atoms with Crippen LogP contribution in [0, 0.1) is 5.92 Å². The van der Waals surface area contributed by atoms with Gasteiger partial charge in [-0.2, -0.15) is 0 Å². The molecule has 3 nitrogen and oxygen atoms in total. The predicted molar refractivity (Wildman–Crippen MR) is 60.2 cm³/mol. The normalized spacial score (nSPS) is 19.6. The van der Waals surface area contributed by atoms with Gasteiger partial charge in [0.05, 0.1) is 11.8 Å². The van der Waals surface area contributed by atoms with Gasteiger partial charge in [-0.15, -0.1) is 0 Å². The Balaban J connectivity index is 1.96. The van der Waals surface area contributed by atoms with Crippen LogP contribution in [0.2, 0.25) is 0 Å². The number of hydrogen-bond donors (Lipinski definition) is 1. The average molecular weight is 222 g/mol. The molecule has 1 aliphatic rings. The summed E-state index contributed by atoms with van der Waals surface area (Å²) in [6, 6.07) is 1.60. The van der Waals surface area contributed by atoms with E-state index in [1.807, 2.05) is 0 Å². The highest BCUT2D eigenvalue weighted by Gasteiger charge is 2.22. The first kappa shape index (κ1) is 11.4. The Labute approximate surface area is 95.5 Å². The number of aliphatic hydroxyl groups is 1. The fraction of sp³-hybridized carbons (Fsp3) is 0.615. The Bertz CT molecular complexity index is 337. The molecule has 1 N–H and O–H groups in total. The molecule has 0 radical (unpaired) electrons. The first-order valence-electron chi connectivity index (χ1n) is 6.02. The summed E-state index contributed by atoms with van der Waals surface area (Å²) in [6.45, 7) is 0. The van der Waals surface area contributed by atoms with E-state index in [2.05, 4.69) is 0 Å².